The highest BCUT2D eigenvalue weighted by molar-refractivity contribution is 8.28. The highest BCUT2D eigenvalue weighted by atomic mass is 32.4. The van der Waals surface area contributed by atoms with E-state index >= 15 is 0 Å². The Morgan fingerprint density at radius 1 is 0.643 bits per heavy atom. The van der Waals surface area contributed by atoms with Crippen molar-refractivity contribution in [2.45, 2.75) is 25.7 Å². The Balaban J connectivity index is 1.86. The first-order chi connectivity index (χ1) is 13.8. The van der Waals surface area contributed by atoms with Crippen LogP contribution in [0.4, 0.5) is 0 Å². The minimum atomic E-state index is -2.22. The van der Waals surface area contributed by atoms with Gasteiger partial charge in [0, 0.05) is 29.1 Å². The minimum absolute atomic E-state index is 1.04. The lowest BCUT2D eigenvalue weighted by Crippen LogP contribution is -2.07. The van der Waals surface area contributed by atoms with E-state index in [1.807, 2.05) is 24.5 Å². The summed E-state index contributed by atoms with van der Waals surface area (Å²) in [6, 6.07) is 20.8. The average Bonchev–Trinajstić information content (AvgIpc) is 3.05. The molecule has 0 atom stereocenters. The number of allylic oxidation sites excluding steroid dienone is 2. The maximum atomic E-state index is 6.67. The van der Waals surface area contributed by atoms with E-state index in [1.54, 1.807) is 0 Å². The van der Waals surface area contributed by atoms with Gasteiger partial charge in [0.15, 0.2) is 0 Å². The van der Waals surface area contributed by atoms with E-state index in [4.69, 9.17) is 21.8 Å². The normalized spacial score (nSPS) is 18.3. The zero-order chi connectivity index (χ0) is 19.0. The molecule has 1 aliphatic carbocycles. The number of hydrogen-bond acceptors (Lipinski definition) is 3. The molecule has 0 unspecified atom stereocenters. The van der Waals surface area contributed by atoms with Crippen molar-refractivity contribution in [3.8, 4) is 0 Å². The molecule has 1 fully saturated rings. The van der Waals surface area contributed by atoms with Crippen molar-refractivity contribution < 1.29 is 0 Å². The molecular formula is C24H21N2PS. The molecule has 138 valence electrons. The lowest BCUT2D eigenvalue weighted by Gasteiger charge is -2.25. The molecule has 2 nitrogen and oxygen atoms in total. The Hall–Kier alpha value is -2.35. The van der Waals surface area contributed by atoms with Crippen LogP contribution in [0.5, 0.6) is 0 Å². The molecule has 0 spiro atoms. The van der Waals surface area contributed by atoms with Crippen LogP contribution in [-0.2, 0) is 11.8 Å². The molecule has 0 bridgehead atoms. The van der Waals surface area contributed by atoms with Gasteiger partial charge in [0.25, 0.3) is 0 Å². The van der Waals surface area contributed by atoms with Gasteiger partial charge >= 0.3 is 0 Å². The topological polar surface area (TPSA) is 25.8 Å². The summed E-state index contributed by atoms with van der Waals surface area (Å²) in [7, 11) is 0. The van der Waals surface area contributed by atoms with E-state index in [9.17, 15) is 0 Å². The van der Waals surface area contributed by atoms with Crippen molar-refractivity contribution in [2.24, 2.45) is 0 Å². The molecular weight excluding hydrogens is 379 g/mol. The Bertz CT molecular complexity index is 1050. The molecule has 1 saturated carbocycles. The number of nitrogens with zero attached hydrogens (tertiary/aromatic N) is 2. The van der Waals surface area contributed by atoms with E-state index in [0.717, 1.165) is 24.2 Å². The standard InChI is InChI=1S/C24H21N2PS/c28-27(18-10-2-1-3-11-18)23(21-14-6-8-16-25-21)19-12-4-5-13-20(19)24(27)22-15-7-9-17-26-22/h1-3,6-11,14-17H,4-5,12-13H2. The fourth-order valence-corrected chi connectivity index (χ4v) is 9.54. The van der Waals surface area contributed by atoms with Gasteiger partial charge in [-0.05, 0) is 66.4 Å². The summed E-state index contributed by atoms with van der Waals surface area (Å²) in [5.74, 6) is 0. The molecule has 3 aromatic rings. The summed E-state index contributed by atoms with van der Waals surface area (Å²) in [5, 5.41) is 3.83. The third kappa shape index (κ3) is 2.73. The van der Waals surface area contributed by atoms with Crippen LogP contribution in [-0.4, -0.2) is 9.97 Å². The SMILES string of the molecule is S=P1(c2ccccc2)C(c2ccccn2)=C2CCCCC2=C1c1ccccn1. The third-order valence-corrected chi connectivity index (χ3v) is 10.6. The molecule has 3 heterocycles. The number of benzene rings is 1. The van der Waals surface area contributed by atoms with Crippen LogP contribution in [0.3, 0.4) is 0 Å². The van der Waals surface area contributed by atoms with E-state index in [1.165, 1.54) is 39.9 Å². The van der Waals surface area contributed by atoms with E-state index in [0.29, 0.717) is 0 Å². The van der Waals surface area contributed by atoms with Crippen molar-refractivity contribution >= 4 is 33.8 Å². The quantitative estimate of drug-likeness (QED) is 0.505. The lowest BCUT2D eigenvalue weighted by molar-refractivity contribution is 0.685. The summed E-state index contributed by atoms with van der Waals surface area (Å²) in [4.78, 5) is 9.51. The summed E-state index contributed by atoms with van der Waals surface area (Å²) >= 11 is 6.67. The molecule has 1 aromatic carbocycles. The highest BCUT2D eigenvalue weighted by Gasteiger charge is 2.43. The van der Waals surface area contributed by atoms with Crippen molar-refractivity contribution in [3.63, 3.8) is 0 Å². The maximum absolute atomic E-state index is 6.67. The van der Waals surface area contributed by atoms with Gasteiger partial charge in [-0.15, -0.1) is 0 Å². The number of fused-ring (bicyclic) bond motifs is 1. The average molecular weight is 400 g/mol. The van der Waals surface area contributed by atoms with Gasteiger partial charge in [0.2, 0.25) is 0 Å². The fraction of sp³-hybridized carbons (Fsp3) is 0.167. The zero-order valence-electron chi connectivity index (χ0n) is 15.6. The van der Waals surface area contributed by atoms with Crippen LogP contribution in [0.2, 0.25) is 0 Å². The second-order valence-electron chi connectivity index (χ2n) is 7.24. The second-order valence-corrected chi connectivity index (χ2v) is 11.5. The van der Waals surface area contributed by atoms with Crippen molar-refractivity contribution in [1.82, 2.24) is 9.97 Å². The predicted octanol–water partition coefficient (Wildman–Crippen LogP) is 5.99. The van der Waals surface area contributed by atoms with Crippen LogP contribution >= 0.6 is 6.04 Å². The summed E-state index contributed by atoms with van der Waals surface area (Å²) in [5.41, 5.74) is 4.96. The molecule has 4 heteroatoms. The number of pyridine rings is 2. The summed E-state index contributed by atoms with van der Waals surface area (Å²) < 4.78 is 0. The molecule has 2 aromatic heterocycles. The lowest BCUT2D eigenvalue weighted by atomic mass is 9.88. The Kier molecular flexibility index (Phi) is 4.58. The van der Waals surface area contributed by atoms with E-state index in [2.05, 4.69) is 54.6 Å². The Labute approximate surface area is 171 Å². The van der Waals surface area contributed by atoms with Gasteiger partial charge in [-0.3, -0.25) is 9.97 Å². The van der Waals surface area contributed by atoms with Gasteiger partial charge < -0.3 is 0 Å². The van der Waals surface area contributed by atoms with Crippen molar-refractivity contribution in [2.75, 3.05) is 0 Å². The first-order valence-electron chi connectivity index (χ1n) is 9.76. The van der Waals surface area contributed by atoms with Gasteiger partial charge in [-0.1, -0.05) is 54.3 Å². The second kappa shape index (κ2) is 7.24. The number of hydrogen-bond donors (Lipinski definition) is 0. The van der Waals surface area contributed by atoms with Gasteiger partial charge in [0.05, 0.1) is 11.4 Å². The molecule has 5 rings (SSSR count). The van der Waals surface area contributed by atoms with Crippen molar-refractivity contribution in [3.05, 3.63) is 102 Å². The largest absolute Gasteiger partial charge is 0.256 e. The number of rotatable bonds is 3. The fourth-order valence-electron chi connectivity index (χ4n) is 4.45. The zero-order valence-corrected chi connectivity index (χ0v) is 17.3. The van der Waals surface area contributed by atoms with Crippen LogP contribution in [0, 0.1) is 0 Å². The molecule has 0 amide bonds. The predicted molar refractivity (Wildman–Crippen MR) is 121 cm³/mol. The van der Waals surface area contributed by atoms with Crippen LogP contribution in [0.15, 0.2) is 90.3 Å². The van der Waals surface area contributed by atoms with E-state index < -0.39 is 6.04 Å². The maximum Gasteiger partial charge on any atom is 0.0723 e. The first kappa shape index (κ1) is 17.7. The van der Waals surface area contributed by atoms with Crippen LogP contribution < -0.4 is 5.30 Å². The third-order valence-electron chi connectivity index (χ3n) is 5.60. The molecule has 28 heavy (non-hydrogen) atoms. The van der Waals surface area contributed by atoms with Crippen LogP contribution in [0.25, 0.3) is 10.6 Å². The van der Waals surface area contributed by atoms with E-state index in [-0.39, 0.29) is 0 Å². The van der Waals surface area contributed by atoms with Crippen LogP contribution in [0.1, 0.15) is 37.1 Å². The first-order valence-corrected chi connectivity index (χ1v) is 12.6. The molecule has 0 N–H and O–H groups in total. The Morgan fingerprint density at radius 3 is 1.61 bits per heavy atom. The van der Waals surface area contributed by atoms with Gasteiger partial charge in [-0.2, -0.15) is 0 Å². The monoisotopic (exact) mass is 400 g/mol. The molecule has 0 saturated heterocycles. The Morgan fingerprint density at radius 2 is 1.14 bits per heavy atom. The summed E-state index contributed by atoms with van der Waals surface area (Å²) in [6.07, 6.45) is 8.37. The minimum Gasteiger partial charge on any atom is -0.256 e. The molecule has 2 aliphatic rings. The van der Waals surface area contributed by atoms with Gasteiger partial charge in [-0.25, -0.2) is 0 Å². The molecule has 1 aliphatic heterocycles. The smallest absolute Gasteiger partial charge is 0.0723 e. The molecule has 0 radical (unpaired) electrons. The summed E-state index contributed by atoms with van der Waals surface area (Å²) in [6.45, 7) is 0. The van der Waals surface area contributed by atoms with Crippen molar-refractivity contribution in [1.29, 1.82) is 0 Å². The van der Waals surface area contributed by atoms with Gasteiger partial charge in [0.1, 0.15) is 0 Å². The number of aromatic nitrogens is 2. The highest BCUT2D eigenvalue weighted by Crippen LogP contribution is 2.74.